The maximum absolute atomic E-state index is 14.4. The number of rotatable bonds is 6. The fraction of sp³-hybridized carbons (Fsp3) is 0.150. The third-order valence-corrected chi connectivity index (χ3v) is 4.27. The summed E-state index contributed by atoms with van der Waals surface area (Å²) >= 11 is 0. The number of carboxylic acid groups (broad SMARTS) is 1. The van der Waals surface area contributed by atoms with Crippen LogP contribution >= 0.6 is 0 Å². The fourth-order valence-electron chi connectivity index (χ4n) is 2.80. The Balaban J connectivity index is 2.12. The van der Waals surface area contributed by atoms with Gasteiger partial charge < -0.3 is 19.4 Å². The Kier molecular flexibility index (Phi) is 6.24. The van der Waals surface area contributed by atoms with Crippen LogP contribution in [0.15, 0.2) is 52.1 Å². The molecule has 3 rings (SSSR count). The lowest BCUT2D eigenvalue weighted by Gasteiger charge is -2.16. The molecule has 0 saturated carbocycles. The number of carbonyl (C=O) groups excluding carboxylic acids is 1. The molecule has 2 aromatic carbocycles. The van der Waals surface area contributed by atoms with E-state index in [-0.39, 0.29) is 32.8 Å². The summed E-state index contributed by atoms with van der Waals surface area (Å²) < 4.78 is 78.3. The van der Waals surface area contributed by atoms with E-state index in [1.807, 2.05) is 0 Å². The van der Waals surface area contributed by atoms with Crippen molar-refractivity contribution < 1.29 is 41.3 Å². The molecule has 0 fully saturated rings. The van der Waals surface area contributed by atoms with Gasteiger partial charge in [-0.2, -0.15) is 13.2 Å². The monoisotopic (exact) mass is 471 g/mol. The van der Waals surface area contributed by atoms with Crippen molar-refractivity contribution in [2.24, 2.45) is 7.05 Å². The van der Waals surface area contributed by atoms with Crippen molar-refractivity contribution in [1.82, 2.24) is 9.13 Å². The topological polar surface area (TPSA) is 103 Å². The van der Waals surface area contributed by atoms with E-state index in [9.17, 15) is 41.4 Å². The minimum absolute atomic E-state index is 0.0787. The molecule has 0 bridgehead atoms. The van der Waals surface area contributed by atoms with E-state index in [2.05, 4.69) is 0 Å². The molecule has 0 radical (unpaired) electrons. The molecular formula is C20H12F5N2O6-. The molecule has 0 aliphatic carbocycles. The Morgan fingerprint density at radius 2 is 1.64 bits per heavy atom. The zero-order valence-electron chi connectivity index (χ0n) is 16.5. The number of hydrogen-bond acceptors (Lipinski definition) is 6. The number of para-hydroxylation sites is 2. The van der Waals surface area contributed by atoms with Crippen LogP contribution in [0.2, 0.25) is 0 Å². The van der Waals surface area contributed by atoms with Crippen molar-refractivity contribution in [2.45, 2.75) is 6.18 Å². The number of nitrogens with zero attached hydrogens (tertiary/aromatic N) is 2. The quantitative estimate of drug-likeness (QED) is 0.508. The van der Waals surface area contributed by atoms with Gasteiger partial charge in [0.15, 0.2) is 28.9 Å². The summed E-state index contributed by atoms with van der Waals surface area (Å²) in [5.74, 6) is -5.39. The van der Waals surface area contributed by atoms with Crippen molar-refractivity contribution in [3.05, 3.63) is 80.6 Å². The first-order valence-corrected chi connectivity index (χ1v) is 8.89. The summed E-state index contributed by atoms with van der Waals surface area (Å²) in [6, 6.07) is 6.32. The van der Waals surface area contributed by atoms with Crippen LogP contribution in [0.5, 0.6) is 17.2 Å². The van der Waals surface area contributed by atoms with Crippen LogP contribution in [0, 0.1) is 11.6 Å². The van der Waals surface area contributed by atoms with Gasteiger partial charge in [-0.25, -0.2) is 18.1 Å². The van der Waals surface area contributed by atoms with Gasteiger partial charge in [0.1, 0.15) is 12.3 Å². The third kappa shape index (κ3) is 4.86. The van der Waals surface area contributed by atoms with Crippen LogP contribution in [0.4, 0.5) is 22.0 Å². The first-order chi connectivity index (χ1) is 15.4. The summed E-state index contributed by atoms with van der Waals surface area (Å²) in [7, 11) is 0.727. The first kappa shape index (κ1) is 23.5. The Hall–Kier alpha value is -4.16. The summed E-state index contributed by atoms with van der Waals surface area (Å²) in [5, 5.41) is 10.6. The zero-order chi connectivity index (χ0) is 24.5. The highest BCUT2D eigenvalue weighted by Crippen LogP contribution is 2.34. The summed E-state index contributed by atoms with van der Waals surface area (Å²) in [6.45, 7) is -0.867. The van der Waals surface area contributed by atoms with Gasteiger partial charge >= 0.3 is 11.9 Å². The summed E-state index contributed by atoms with van der Waals surface area (Å²) in [4.78, 5) is 35.2. The number of aromatic nitrogens is 2. The smallest absolute Gasteiger partial charge is 0.431 e. The fourth-order valence-corrected chi connectivity index (χ4v) is 2.80. The highest BCUT2D eigenvalue weighted by molar-refractivity contribution is 5.66. The summed E-state index contributed by atoms with van der Waals surface area (Å²) in [5.41, 5.74) is -5.49. The Labute approximate surface area is 180 Å². The molecule has 1 heterocycles. The molecule has 0 spiro atoms. The number of halogens is 5. The van der Waals surface area contributed by atoms with E-state index in [1.54, 1.807) is 0 Å². The van der Waals surface area contributed by atoms with E-state index in [0.29, 0.717) is 6.07 Å². The van der Waals surface area contributed by atoms with Gasteiger partial charge in [-0.3, -0.25) is 9.36 Å². The second-order valence-corrected chi connectivity index (χ2v) is 6.49. The van der Waals surface area contributed by atoms with Gasteiger partial charge in [-0.1, -0.05) is 12.1 Å². The number of carboxylic acids is 1. The van der Waals surface area contributed by atoms with Gasteiger partial charge in [0, 0.05) is 25.2 Å². The normalized spacial score (nSPS) is 11.3. The zero-order valence-corrected chi connectivity index (χ0v) is 16.5. The highest BCUT2D eigenvalue weighted by Gasteiger charge is 2.35. The van der Waals surface area contributed by atoms with E-state index < -0.39 is 58.8 Å². The molecule has 0 saturated heterocycles. The predicted molar refractivity (Wildman–Crippen MR) is 99.2 cm³/mol. The number of hydrogen-bond donors (Lipinski definition) is 0. The SMILES string of the molecule is Cn1c(C(F)(F)F)cc(=O)n(-c2cc(Oc3ccccc3OCC(=O)[O-])c(F)cc2F)c1=O. The molecule has 0 atom stereocenters. The molecule has 0 amide bonds. The molecule has 0 N–H and O–H groups in total. The Morgan fingerprint density at radius 1 is 1.00 bits per heavy atom. The standard InChI is InChI=1S/C20H13F5N2O6/c1-26-16(20(23,24)25)8-17(28)27(19(26)31)12-7-15(11(22)6-10(12)21)33-14-5-3-2-4-13(14)32-9-18(29)30/h2-8H,9H2,1H3,(H,29,30)/p-1. The van der Waals surface area contributed by atoms with Crippen molar-refractivity contribution in [3.63, 3.8) is 0 Å². The van der Waals surface area contributed by atoms with Gasteiger partial charge in [0.25, 0.3) is 5.56 Å². The minimum atomic E-state index is -5.03. The van der Waals surface area contributed by atoms with Gasteiger partial charge in [0.05, 0.1) is 11.7 Å². The number of alkyl halides is 3. The second kappa shape index (κ2) is 8.76. The van der Waals surface area contributed by atoms with Crippen LogP contribution in [0.3, 0.4) is 0 Å². The van der Waals surface area contributed by atoms with Crippen molar-refractivity contribution in [2.75, 3.05) is 6.61 Å². The molecule has 3 aromatic rings. The molecule has 0 unspecified atom stereocenters. The van der Waals surface area contributed by atoms with Gasteiger partial charge in [-0.15, -0.1) is 0 Å². The third-order valence-electron chi connectivity index (χ3n) is 4.27. The Bertz CT molecular complexity index is 1350. The van der Waals surface area contributed by atoms with Crippen molar-refractivity contribution in [1.29, 1.82) is 0 Å². The lowest BCUT2D eigenvalue weighted by Crippen LogP contribution is -2.41. The van der Waals surface area contributed by atoms with Crippen LogP contribution in [-0.2, 0) is 18.0 Å². The maximum atomic E-state index is 14.4. The number of aliphatic carboxylic acids is 1. The van der Waals surface area contributed by atoms with E-state index in [4.69, 9.17) is 9.47 Å². The minimum Gasteiger partial charge on any atom is -0.546 e. The first-order valence-electron chi connectivity index (χ1n) is 8.89. The lowest BCUT2D eigenvalue weighted by atomic mass is 10.2. The number of carbonyl (C=O) groups is 1. The molecular weight excluding hydrogens is 459 g/mol. The number of benzene rings is 2. The van der Waals surface area contributed by atoms with Gasteiger partial charge in [-0.05, 0) is 12.1 Å². The largest absolute Gasteiger partial charge is 0.546 e. The molecule has 0 aliphatic rings. The predicted octanol–water partition coefficient (Wildman–Crippen LogP) is 1.75. The van der Waals surface area contributed by atoms with Crippen LogP contribution in [0.1, 0.15) is 5.69 Å². The second-order valence-electron chi connectivity index (χ2n) is 6.49. The average molecular weight is 471 g/mol. The molecule has 0 aliphatic heterocycles. The van der Waals surface area contributed by atoms with E-state index >= 15 is 0 Å². The van der Waals surface area contributed by atoms with Gasteiger partial charge in [0.2, 0.25) is 0 Å². The lowest BCUT2D eigenvalue weighted by molar-refractivity contribution is -0.307. The van der Waals surface area contributed by atoms with Crippen LogP contribution in [0.25, 0.3) is 5.69 Å². The maximum Gasteiger partial charge on any atom is 0.431 e. The Morgan fingerprint density at radius 3 is 2.24 bits per heavy atom. The molecule has 33 heavy (non-hydrogen) atoms. The molecule has 174 valence electrons. The van der Waals surface area contributed by atoms with Crippen LogP contribution in [-0.4, -0.2) is 21.7 Å². The molecule has 1 aromatic heterocycles. The van der Waals surface area contributed by atoms with E-state index in [1.165, 1.54) is 24.3 Å². The van der Waals surface area contributed by atoms with Crippen LogP contribution < -0.4 is 25.8 Å². The highest BCUT2D eigenvalue weighted by atomic mass is 19.4. The summed E-state index contributed by atoms with van der Waals surface area (Å²) in [6.07, 6.45) is -5.03. The van der Waals surface area contributed by atoms with Crippen molar-refractivity contribution in [3.8, 4) is 22.9 Å². The number of ether oxygens (including phenoxy) is 2. The average Bonchev–Trinajstić information content (AvgIpc) is 2.72. The molecule has 13 heteroatoms. The molecule has 8 nitrogen and oxygen atoms in total. The van der Waals surface area contributed by atoms with Crippen molar-refractivity contribution >= 4 is 5.97 Å². The van der Waals surface area contributed by atoms with E-state index in [0.717, 1.165) is 7.05 Å².